The largest absolute Gasteiger partial charge is 0.339 e. The van der Waals surface area contributed by atoms with E-state index in [0.29, 0.717) is 12.4 Å². The minimum atomic E-state index is -0.128. The van der Waals surface area contributed by atoms with E-state index in [-0.39, 0.29) is 23.9 Å². The average Bonchev–Trinajstić information content (AvgIpc) is 2.97. The van der Waals surface area contributed by atoms with Gasteiger partial charge >= 0.3 is 0 Å². The Morgan fingerprint density at radius 2 is 2.08 bits per heavy atom. The van der Waals surface area contributed by atoms with Crippen molar-refractivity contribution >= 4 is 24.0 Å². The first-order chi connectivity index (χ1) is 10.9. The summed E-state index contributed by atoms with van der Waals surface area (Å²) in [6.07, 6.45) is 0. The number of halogens is 2. The second kappa shape index (κ2) is 7.83. The number of rotatable bonds is 3. The average molecular weight is 371 g/mol. The van der Waals surface area contributed by atoms with Crippen LogP contribution in [0, 0.1) is 0 Å². The second-order valence-corrected chi connectivity index (χ2v) is 7.38. The zero-order valence-electron chi connectivity index (χ0n) is 14.3. The molecule has 0 saturated carbocycles. The first kappa shape index (κ1) is 19.2. The highest BCUT2D eigenvalue weighted by atomic mass is 35.5. The first-order valence-corrected chi connectivity index (χ1v) is 8.35. The molecule has 3 rings (SSSR count). The lowest BCUT2D eigenvalue weighted by Gasteiger charge is -2.36. The van der Waals surface area contributed by atoms with E-state index in [1.54, 1.807) is 0 Å². The molecular formula is C17H24Cl2N4O. The SMILES string of the molecule is CC(C)(C)c1nc(CN2CCNCC2c2ccccc2Cl)no1.Cl. The van der Waals surface area contributed by atoms with Gasteiger partial charge in [0.05, 0.1) is 6.54 Å². The first-order valence-electron chi connectivity index (χ1n) is 7.97. The highest BCUT2D eigenvalue weighted by Gasteiger charge is 2.28. The summed E-state index contributed by atoms with van der Waals surface area (Å²) in [6.45, 7) is 9.62. The third kappa shape index (κ3) is 4.28. The van der Waals surface area contributed by atoms with Crippen LogP contribution in [0.2, 0.25) is 5.02 Å². The van der Waals surface area contributed by atoms with Crippen LogP contribution in [0.25, 0.3) is 0 Å². The van der Waals surface area contributed by atoms with Crippen molar-refractivity contribution in [2.75, 3.05) is 19.6 Å². The van der Waals surface area contributed by atoms with Crippen molar-refractivity contribution in [3.63, 3.8) is 0 Å². The summed E-state index contributed by atoms with van der Waals surface area (Å²) < 4.78 is 5.41. The molecule has 2 aromatic rings. The van der Waals surface area contributed by atoms with Gasteiger partial charge in [-0.2, -0.15) is 4.98 Å². The minimum Gasteiger partial charge on any atom is -0.339 e. The molecule has 1 aromatic heterocycles. The van der Waals surface area contributed by atoms with Gasteiger partial charge < -0.3 is 9.84 Å². The van der Waals surface area contributed by atoms with Gasteiger partial charge in [0, 0.05) is 36.1 Å². The van der Waals surface area contributed by atoms with Crippen molar-refractivity contribution in [1.82, 2.24) is 20.4 Å². The van der Waals surface area contributed by atoms with Crippen LogP contribution in [0.3, 0.4) is 0 Å². The number of nitrogens with zero attached hydrogens (tertiary/aromatic N) is 3. The van der Waals surface area contributed by atoms with Crippen LogP contribution in [0.1, 0.15) is 44.1 Å². The minimum absolute atomic E-state index is 0. The molecular weight excluding hydrogens is 347 g/mol. The third-order valence-corrected chi connectivity index (χ3v) is 4.42. The van der Waals surface area contributed by atoms with Gasteiger partial charge in [-0.05, 0) is 11.6 Å². The maximum atomic E-state index is 6.39. The van der Waals surface area contributed by atoms with Crippen molar-refractivity contribution in [2.24, 2.45) is 0 Å². The van der Waals surface area contributed by atoms with Crippen LogP contribution in [0.15, 0.2) is 28.8 Å². The van der Waals surface area contributed by atoms with Crippen LogP contribution in [0.4, 0.5) is 0 Å². The number of hydrogen-bond acceptors (Lipinski definition) is 5. The summed E-state index contributed by atoms with van der Waals surface area (Å²) in [5, 5.41) is 8.39. The fourth-order valence-electron chi connectivity index (χ4n) is 2.79. The molecule has 132 valence electrons. The normalized spacial score (nSPS) is 19.1. The van der Waals surface area contributed by atoms with E-state index < -0.39 is 0 Å². The lowest BCUT2D eigenvalue weighted by Crippen LogP contribution is -2.45. The topological polar surface area (TPSA) is 54.2 Å². The van der Waals surface area contributed by atoms with Gasteiger partial charge in [-0.1, -0.05) is 55.7 Å². The molecule has 2 heterocycles. The van der Waals surface area contributed by atoms with E-state index in [2.05, 4.69) is 47.2 Å². The summed E-state index contributed by atoms with van der Waals surface area (Å²) in [5.41, 5.74) is 1.01. The van der Waals surface area contributed by atoms with Crippen molar-refractivity contribution < 1.29 is 4.52 Å². The molecule has 1 aromatic carbocycles. The third-order valence-electron chi connectivity index (χ3n) is 4.07. The van der Waals surface area contributed by atoms with Crippen molar-refractivity contribution in [3.8, 4) is 0 Å². The molecule has 0 bridgehead atoms. The van der Waals surface area contributed by atoms with E-state index in [4.69, 9.17) is 16.1 Å². The van der Waals surface area contributed by atoms with Gasteiger partial charge in [0.2, 0.25) is 5.89 Å². The molecule has 24 heavy (non-hydrogen) atoms. The standard InChI is InChI=1S/C17H23ClN4O.ClH/c1-17(2,3)16-20-15(21-23-16)11-22-9-8-19-10-14(22)12-6-4-5-7-13(12)18;/h4-7,14,19H,8-11H2,1-3H3;1H. The highest BCUT2D eigenvalue weighted by Crippen LogP contribution is 2.29. The lowest BCUT2D eigenvalue weighted by molar-refractivity contribution is 0.148. The quantitative estimate of drug-likeness (QED) is 0.894. The number of nitrogens with one attached hydrogen (secondary N) is 1. The van der Waals surface area contributed by atoms with Gasteiger partial charge in [0.15, 0.2) is 5.82 Å². The van der Waals surface area contributed by atoms with Crippen molar-refractivity contribution in [2.45, 2.75) is 38.8 Å². The van der Waals surface area contributed by atoms with Gasteiger partial charge in [0.1, 0.15) is 0 Å². The summed E-state index contributed by atoms with van der Waals surface area (Å²) in [7, 11) is 0. The Bertz CT molecular complexity index is 669. The van der Waals surface area contributed by atoms with Crippen LogP contribution in [-0.2, 0) is 12.0 Å². The molecule has 1 aliphatic heterocycles. The number of piperazine rings is 1. The maximum absolute atomic E-state index is 6.39. The fraction of sp³-hybridized carbons (Fsp3) is 0.529. The molecule has 1 N–H and O–H groups in total. The van der Waals surface area contributed by atoms with Crippen LogP contribution in [0.5, 0.6) is 0 Å². The summed E-state index contributed by atoms with van der Waals surface area (Å²) in [6, 6.07) is 8.23. The molecule has 1 fully saturated rings. The van der Waals surface area contributed by atoms with Crippen molar-refractivity contribution in [1.29, 1.82) is 0 Å². The number of aromatic nitrogens is 2. The van der Waals surface area contributed by atoms with Crippen molar-refractivity contribution in [3.05, 3.63) is 46.6 Å². The lowest BCUT2D eigenvalue weighted by atomic mass is 9.97. The molecule has 0 radical (unpaired) electrons. The van der Waals surface area contributed by atoms with E-state index in [1.807, 2.05) is 18.2 Å². The summed E-state index contributed by atoms with van der Waals surface area (Å²) >= 11 is 6.39. The summed E-state index contributed by atoms with van der Waals surface area (Å²) in [4.78, 5) is 6.91. The smallest absolute Gasteiger partial charge is 0.232 e. The summed E-state index contributed by atoms with van der Waals surface area (Å²) in [5.74, 6) is 1.41. The zero-order valence-corrected chi connectivity index (χ0v) is 15.8. The van der Waals surface area contributed by atoms with Crippen LogP contribution < -0.4 is 5.32 Å². The van der Waals surface area contributed by atoms with Crippen LogP contribution >= 0.6 is 24.0 Å². The number of benzene rings is 1. The Balaban J connectivity index is 0.00000208. The van der Waals surface area contributed by atoms with Gasteiger partial charge in [-0.3, -0.25) is 4.90 Å². The molecule has 1 saturated heterocycles. The Hall–Kier alpha value is -1.14. The molecule has 1 unspecified atom stereocenters. The monoisotopic (exact) mass is 370 g/mol. The van der Waals surface area contributed by atoms with E-state index in [1.165, 1.54) is 0 Å². The number of hydrogen-bond donors (Lipinski definition) is 1. The Morgan fingerprint density at radius 3 is 2.75 bits per heavy atom. The Morgan fingerprint density at radius 1 is 1.33 bits per heavy atom. The zero-order chi connectivity index (χ0) is 16.4. The van der Waals surface area contributed by atoms with Gasteiger partial charge in [-0.25, -0.2) is 0 Å². The molecule has 0 spiro atoms. The van der Waals surface area contributed by atoms with E-state index in [9.17, 15) is 0 Å². The molecule has 0 aliphatic carbocycles. The second-order valence-electron chi connectivity index (χ2n) is 6.98. The Labute approximate surface area is 154 Å². The van der Waals surface area contributed by atoms with E-state index in [0.717, 1.165) is 36.0 Å². The molecule has 1 aliphatic rings. The molecule has 7 heteroatoms. The Kier molecular flexibility index (Phi) is 6.26. The van der Waals surface area contributed by atoms with E-state index >= 15 is 0 Å². The highest BCUT2D eigenvalue weighted by molar-refractivity contribution is 6.31. The van der Waals surface area contributed by atoms with Gasteiger partial charge in [-0.15, -0.1) is 12.4 Å². The molecule has 0 amide bonds. The predicted octanol–water partition coefficient (Wildman–Crippen LogP) is 3.59. The fourth-order valence-corrected chi connectivity index (χ4v) is 3.05. The predicted molar refractivity (Wildman–Crippen MR) is 97.7 cm³/mol. The molecule has 1 atom stereocenters. The van der Waals surface area contributed by atoms with Crippen LogP contribution in [-0.4, -0.2) is 34.7 Å². The maximum Gasteiger partial charge on any atom is 0.232 e. The molecule has 5 nitrogen and oxygen atoms in total. The van der Waals surface area contributed by atoms with Gasteiger partial charge in [0.25, 0.3) is 0 Å².